The van der Waals surface area contributed by atoms with Gasteiger partial charge in [-0.25, -0.2) is 9.97 Å². The Morgan fingerprint density at radius 1 is 1.28 bits per heavy atom. The Morgan fingerprint density at radius 2 is 2.00 bits per heavy atom. The third-order valence-electron chi connectivity index (χ3n) is 2.52. The molecule has 0 spiro atoms. The fourth-order valence-electron chi connectivity index (χ4n) is 1.53. The maximum absolute atomic E-state index is 4.25. The highest BCUT2D eigenvalue weighted by molar-refractivity contribution is 9.10. The Bertz CT molecular complexity index is 527. The summed E-state index contributed by atoms with van der Waals surface area (Å²) in [5, 5.41) is 8.62. The van der Waals surface area contributed by atoms with E-state index < -0.39 is 0 Å². The largest absolute Gasteiger partial charge is 0.369 e. The summed E-state index contributed by atoms with van der Waals surface area (Å²) < 4.78 is 0.876. The van der Waals surface area contributed by atoms with Crippen molar-refractivity contribution in [2.45, 2.75) is 20.4 Å². The van der Waals surface area contributed by atoms with Crippen molar-refractivity contribution < 1.29 is 0 Å². The van der Waals surface area contributed by atoms with Gasteiger partial charge in [0.1, 0.15) is 22.4 Å². The Morgan fingerprint density at radius 3 is 2.61 bits per heavy atom. The van der Waals surface area contributed by atoms with Crippen LogP contribution < -0.4 is 10.6 Å². The highest BCUT2D eigenvalue weighted by Gasteiger charge is 2.08. The first-order valence-electron chi connectivity index (χ1n) is 5.73. The van der Waals surface area contributed by atoms with Crippen molar-refractivity contribution in [3.8, 4) is 0 Å². The van der Waals surface area contributed by atoms with Crippen LogP contribution >= 0.6 is 27.3 Å². The number of halogens is 1. The van der Waals surface area contributed by atoms with Gasteiger partial charge in [-0.3, -0.25) is 0 Å². The average molecular weight is 327 g/mol. The summed E-state index contributed by atoms with van der Waals surface area (Å²) in [4.78, 5) is 9.76. The van der Waals surface area contributed by atoms with Crippen molar-refractivity contribution in [2.24, 2.45) is 0 Å². The van der Waals surface area contributed by atoms with E-state index in [9.17, 15) is 0 Å². The molecule has 0 fully saturated rings. The Hall–Kier alpha value is -1.14. The van der Waals surface area contributed by atoms with Gasteiger partial charge in [0, 0.05) is 11.4 Å². The summed E-state index contributed by atoms with van der Waals surface area (Å²) in [5.41, 5.74) is 1.31. The van der Waals surface area contributed by atoms with Crippen molar-refractivity contribution in [1.82, 2.24) is 9.97 Å². The Labute approximate surface area is 119 Å². The highest BCUT2D eigenvalue weighted by Crippen LogP contribution is 2.27. The Balaban J connectivity index is 2.10. The van der Waals surface area contributed by atoms with E-state index in [1.54, 1.807) is 17.7 Å². The standard InChI is InChI=1S/C12H15BrN4S/c1-3-14-11-10(13)12(17-7-16-11)15-6-9-8(2)4-5-18-9/h4-5,7H,3,6H2,1-2H3,(H2,14,15,16,17). The first-order valence-corrected chi connectivity index (χ1v) is 7.40. The average Bonchev–Trinajstić information content (AvgIpc) is 2.76. The zero-order valence-corrected chi connectivity index (χ0v) is 12.7. The zero-order valence-electron chi connectivity index (χ0n) is 10.3. The van der Waals surface area contributed by atoms with E-state index in [0.29, 0.717) is 0 Å². The third-order valence-corrected chi connectivity index (χ3v) is 4.29. The lowest BCUT2D eigenvalue weighted by Crippen LogP contribution is -2.06. The molecular weight excluding hydrogens is 312 g/mol. The fourth-order valence-corrected chi connectivity index (χ4v) is 2.86. The van der Waals surface area contributed by atoms with Crippen LogP contribution in [0.1, 0.15) is 17.4 Å². The van der Waals surface area contributed by atoms with Crippen LogP contribution in [-0.4, -0.2) is 16.5 Å². The number of aromatic nitrogens is 2. The molecule has 2 aromatic rings. The zero-order chi connectivity index (χ0) is 13.0. The molecule has 0 aliphatic rings. The van der Waals surface area contributed by atoms with Gasteiger partial charge in [0.15, 0.2) is 0 Å². The van der Waals surface area contributed by atoms with Crippen LogP contribution in [0.3, 0.4) is 0 Å². The predicted octanol–water partition coefficient (Wildman–Crippen LogP) is 3.65. The molecule has 0 radical (unpaired) electrons. The number of nitrogens with one attached hydrogen (secondary N) is 2. The maximum atomic E-state index is 4.25. The summed E-state index contributed by atoms with van der Waals surface area (Å²) in [7, 11) is 0. The molecule has 0 aliphatic heterocycles. The summed E-state index contributed by atoms with van der Waals surface area (Å²) in [5.74, 6) is 1.63. The number of aryl methyl sites for hydroxylation is 1. The SMILES string of the molecule is CCNc1ncnc(NCc2sccc2C)c1Br. The van der Waals surface area contributed by atoms with Gasteiger partial charge in [0.25, 0.3) is 0 Å². The molecule has 2 heterocycles. The first-order chi connectivity index (χ1) is 8.72. The van der Waals surface area contributed by atoms with Crippen LogP contribution in [-0.2, 0) is 6.54 Å². The number of thiophene rings is 1. The van der Waals surface area contributed by atoms with E-state index >= 15 is 0 Å². The van der Waals surface area contributed by atoms with Gasteiger partial charge < -0.3 is 10.6 Å². The molecule has 0 unspecified atom stereocenters. The molecule has 96 valence electrons. The van der Waals surface area contributed by atoms with Gasteiger partial charge in [-0.1, -0.05) is 0 Å². The van der Waals surface area contributed by atoms with E-state index in [1.165, 1.54) is 10.4 Å². The molecule has 0 amide bonds. The minimum Gasteiger partial charge on any atom is -0.369 e. The summed E-state index contributed by atoms with van der Waals surface area (Å²) in [6.07, 6.45) is 1.56. The molecule has 0 saturated heterocycles. The van der Waals surface area contributed by atoms with Crippen molar-refractivity contribution in [1.29, 1.82) is 0 Å². The summed E-state index contributed by atoms with van der Waals surface area (Å²) in [6, 6.07) is 2.13. The number of rotatable bonds is 5. The number of anilines is 2. The minimum atomic E-state index is 0.782. The number of nitrogens with zero attached hydrogens (tertiary/aromatic N) is 2. The van der Waals surface area contributed by atoms with Gasteiger partial charge in [-0.05, 0) is 46.8 Å². The molecule has 4 nitrogen and oxygen atoms in total. The molecule has 2 aromatic heterocycles. The lowest BCUT2D eigenvalue weighted by molar-refractivity contribution is 1.06. The van der Waals surface area contributed by atoms with Crippen LogP contribution in [0.4, 0.5) is 11.6 Å². The molecule has 2 N–H and O–H groups in total. The molecule has 0 aliphatic carbocycles. The first kappa shape index (κ1) is 13.3. The van der Waals surface area contributed by atoms with E-state index in [1.807, 2.05) is 6.92 Å². The lowest BCUT2D eigenvalue weighted by atomic mass is 10.3. The fraction of sp³-hybridized carbons (Fsp3) is 0.333. The molecule has 0 bridgehead atoms. The third kappa shape index (κ3) is 3.00. The highest BCUT2D eigenvalue weighted by atomic mass is 79.9. The van der Waals surface area contributed by atoms with Crippen molar-refractivity contribution in [3.63, 3.8) is 0 Å². The molecule has 0 aromatic carbocycles. The molecule has 18 heavy (non-hydrogen) atoms. The van der Waals surface area contributed by atoms with Gasteiger partial charge in [0.05, 0.1) is 6.54 Å². The van der Waals surface area contributed by atoms with Crippen molar-refractivity contribution in [3.05, 3.63) is 32.7 Å². The molecule has 2 rings (SSSR count). The normalized spacial score (nSPS) is 10.4. The van der Waals surface area contributed by atoms with Gasteiger partial charge in [-0.15, -0.1) is 11.3 Å². The smallest absolute Gasteiger partial charge is 0.146 e. The van der Waals surface area contributed by atoms with Gasteiger partial charge in [0.2, 0.25) is 0 Å². The van der Waals surface area contributed by atoms with Crippen molar-refractivity contribution in [2.75, 3.05) is 17.2 Å². The van der Waals surface area contributed by atoms with Crippen molar-refractivity contribution >= 4 is 38.9 Å². The molecule has 0 saturated carbocycles. The van der Waals surface area contributed by atoms with Gasteiger partial charge >= 0.3 is 0 Å². The van der Waals surface area contributed by atoms with Gasteiger partial charge in [-0.2, -0.15) is 0 Å². The van der Waals surface area contributed by atoms with Crippen LogP contribution in [0.25, 0.3) is 0 Å². The van der Waals surface area contributed by atoms with E-state index in [0.717, 1.165) is 29.2 Å². The van der Waals surface area contributed by atoms with E-state index in [-0.39, 0.29) is 0 Å². The predicted molar refractivity (Wildman–Crippen MR) is 80.3 cm³/mol. The van der Waals surface area contributed by atoms with Crippen LogP contribution in [0, 0.1) is 6.92 Å². The molecule has 0 atom stereocenters. The second-order valence-corrected chi connectivity index (χ2v) is 5.59. The maximum Gasteiger partial charge on any atom is 0.146 e. The second-order valence-electron chi connectivity index (χ2n) is 3.80. The lowest BCUT2D eigenvalue weighted by Gasteiger charge is -2.10. The molecular formula is C12H15BrN4S. The molecule has 6 heteroatoms. The van der Waals surface area contributed by atoms with E-state index in [4.69, 9.17) is 0 Å². The monoisotopic (exact) mass is 326 g/mol. The summed E-state index contributed by atoms with van der Waals surface area (Å²) in [6.45, 7) is 5.77. The second kappa shape index (κ2) is 6.15. The van der Waals surface area contributed by atoms with Crippen LogP contribution in [0.2, 0.25) is 0 Å². The topological polar surface area (TPSA) is 49.8 Å². The quantitative estimate of drug-likeness (QED) is 0.880. The number of hydrogen-bond donors (Lipinski definition) is 2. The Kier molecular flexibility index (Phi) is 4.54. The van der Waals surface area contributed by atoms with E-state index in [2.05, 4.69) is 54.9 Å². The summed E-state index contributed by atoms with van der Waals surface area (Å²) >= 11 is 5.27. The van der Waals surface area contributed by atoms with Crippen LogP contribution in [0.5, 0.6) is 0 Å². The number of hydrogen-bond acceptors (Lipinski definition) is 5. The minimum absolute atomic E-state index is 0.782. The van der Waals surface area contributed by atoms with Crippen LogP contribution in [0.15, 0.2) is 22.2 Å².